The number of ether oxygens (including phenoxy) is 1. The molecule has 0 unspecified atom stereocenters. The van der Waals surface area contributed by atoms with Crippen LogP contribution in [0.3, 0.4) is 0 Å². The van der Waals surface area contributed by atoms with Gasteiger partial charge >= 0.3 is 0 Å². The first-order valence-corrected chi connectivity index (χ1v) is 7.13. The van der Waals surface area contributed by atoms with Crippen molar-refractivity contribution in [1.29, 1.82) is 0 Å². The highest BCUT2D eigenvalue weighted by atomic mass is 16.5. The van der Waals surface area contributed by atoms with E-state index in [0.29, 0.717) is 12.6 Å². The second kappa shape index (κ2) is 7.36. The topological polar surface area (TPSA) is 58.7 Å². The normalized spacial score (nSPS) is 15.5. The lowest BCUT2D eigenvalue weighted by atomic mass is 9.91. The van der Waals surface area contributed by atoms with Crippen molar-refractivity contribution in [3.8, 4) is 5.75 Å². The number of nitrogens with zero attached hydrogens (tertiary/aromatic N) is 1. The van der Waals surface area contributed by atoms with Crippen LogP contribution in [0.5, 0.6) is 5.75 Å². The minimum Gasteiger partial charge on any atom is -0.493 e. The lowest BCUT2D eigenvalue weighted by Gasteiger charge is -2.37. The molecule has 4 nitrogen and oxygen atoms in total. The molecular formula is C15H24N2O2. The standard InChI is InChI=1S/C15H24N2O2/c16-13-4-1-7-15(12-13)19-11-3-8-17(9-10-18)14-5-2-6-14/h1,4,7,12,14,18H,2-3,5-6,8-11,16H2. The summed E-state index contributed by atoms with van der Waals surface area (Å²) in [7, 11) is 0. The van der Waals surface area contributed by atoms with Gasteiger partial charge in [-0.1, -0.05) is 12.5 Å². The molecular weight excluding hydrogens is 240 g/mol. The van der Waals surface area contributed by atoms with Gasteiger partial charge in [-0.25, -0.2) is 0 Å². The van der Waals surface area contributed by atoms with Gasteiger partial charge in [0.15, 0.2) is 0 Å². The van der Waals surface area contributed by atoms with E-state index in [2.05, 4.69) is 4.90 Å². The molecule has 0 heterocycles. The number of rotatable bonds is 8. The van der Waals surface area contributed by atoms with Gasteiger partial charge in [-0.3, -0.25) is 4.90 Å². The molecule has 1 aliphatic carbocycles. The molecule has 0 radical (unpaired) electrons. The lowest BCUT2D eigenvalue weighted by Crippen LogP contribution is -2.42. The second-order valence-electron chi connectivity index (χ2n) is 5.12. The summed E-state index contributed by atoms with van der Waals surface area (Å²) < 4.78 is 5.68. The van der Waals surface area contributed by atoms with Crippen molar-refractivity contribution in [2.24, 2.45) is 0 Å². The fourth-order valence-electron chi connectivity index (χ4n) is 2.42. The molecule has 1 aromatic carbocycles. The zero-order valence-corrected chi connectivity index (χ0v) is 11.4. The Hall–Kier alpha value is -1.26. The van der Waals surface area contributed by atoms with E-state index in [1.54, 1.807) is 0 Å². The maximum atomic E-state index is 9.08. The van der Waals surface area contributed by atoms with Crippen LogP contribution in [-0.2, 0) is 0 Å². The summed E-state index contributed by atoms with van der Waals surface area (Å²) in [5.41, 5.74) is 6.43. The molecule has 0 atom stereocenters. The van der Waals surface area contributed by atoms with Crippen LogP contribution in [-0.4, -0.2) is 42.4 Å². The van der Waals surface area contributed by atoms with Gasteiger partial charge in [0.05, 0.1) is 13.2 Å². The van der Waals surface area contributed by atoms with Crippen molar-refractivity contribution in [3.05, 3.63) is 24.3 Å². The third kappa shape index (κ3) is 4.40. The fourth-order valence-corrected chi connectivity index (χ4v) is 2.42. The quantitative estimate of drug-likeness (QED) is 0.556. The van der Waals surface area contributed by atoms with Gasteiger partial charge in [-0.15, -0.1) is 0 Å². The number of aliphatic hydroxyl groups is 1. The maximum Gasteiger partial charge on any atom is 0.121 e. The van der Waals surface area contributed by atoms with Crippen LogP contribution >= 0.6 is 0 Å². The predicted octanol–water partition coefficient (Wildman–Crippen LogP) is 1.88. The molecule has 0 aromatic heterocycles. The number of hydrogen-bond donors (Lipinski definition) is 2. The zero-order valence-electron chi connectivity index (χ0n) is 11.4. The number of aliphatic hydroxyl groups excluding tert-OH is 1. The van der Waals surface area contributed by atoms with E-state index >= 15 is 0 Å². The fraction of sp³-hybridized carbons (Fsp3) is 0.600. The predicted molar refractivity (Wildman–Crippen MR) is 77.3 cm³/mol. The summed E-state index contributed by atoms with van der Waals surface area (Å²) >= 11 is 0. The monoisotopic (exact) mass is 264 g/mol. The van der Waals surface area contributed by atoms with E-state index in [-0.39, 0.29) is 6.61 Å². The van der Waals surface area contributed by atoms with Crippen molar-refractivity contribution in [3.63, 3.8) is 0 Å². The smallest absolute Gasteiger partial charge is 0.121 e. The molecule has 1 fully saturated rings. The van der Waals surface area contributed by atoms with Crippen molar-refractivity contribution >= 4 is 5.69 Å². The van der Waals surface area contributed by atoms with Gasteiger partial charge < -0.3 is 15.6 Å². The van der Waals surface area contributed by atoms with Gasteiger partial charge in [0.2, 0.25) is 0 Å². The third-order valence-corrected chi connectivity index (χ3v) is 3.69. The summed E-state index contributed by atoms with van der Waals surface area (Å²) in [5, 5.41) is 9.08. The summed E-state index contributed by atoms with van der Waals surface area (Å²) in [6.07, 6.45) is 4.85. The van der Waals surface area contributed by atoms with E-state index in [0.717, 1.165) is 30.9 Å². The molecule has 1 saturated carbocycles. The van der Waals surface area contributed by atoms with Crippen molar-refractivity contribution in [2.75, 3.05) is 32.0 Å². The highest BCUT2D eigenvalue weighted by Crippen LogP contribution is 2.24. The Balaban J connectivity index is 1.67. The number of hydrogen-bond acceptors (Lipinski definition) is 4. The average molecular weight is 264 g/mol. The van der Waals surface area contributed by atoms with E-state index in [4.69, 9.17) is 15.6 Å². The summed E-state index contributed by atoms with van der Waals surface area (Å²) in [4.78, 5) is 2.38. The van der Waals surface area contributed by atoms with E-state index < -0.39 is 0 Å². The first-order chi connectivity index (χ1) is 9.29. The van der Waals surface area contributed by atoms with Crippen LogP contribution in [0.25, 0.3) is 0 Å². The molecule has 0 spiro atoms. The SMILES string of the molecule is Nc1cccc(OCCCN(CCO)C2CCC2)c1. The number of benzene rings is 1. The van der Waals surface area contributed by atoms with Gasteiger partial charge in [-0.2, -0.15) is 0 Å². The first kappa shape index (κ1) is 14.2. The largest absolute Gasteiger partial charge is 0.493 e. The molecule has 106 valence electrons. The zero-order chi connectivity index (χ0) is 13.5. The highest BCUT2D eigenvalue weighted by molar-refractivity contribution is 5.43. The Labute approximate surface area is 115 Å². The summed E-state index contributed by atoms with van der Waals surface area (Å²) in [6.45, 7) is 2.71. The Kier molecular flexibility index (Phi) is 5.48. The van der Waals surface area contributed by atoms with Crippen molar-refractivity contribution < 1.29 is 9.84 Å². The molecule has 0 saturated heterocycles. The molecule has 0 amide bonds. The van der Waals surface area contributed by atoms with Crippen molar-refractivity contribution in [2.45, 2.75) is 31.7 Å². The number of nitrogens with two attached hydrogens (primary N) is 1. The minimum atomic E-state index is 0.243. The summed E-state index contributed by atoms with van der Waals surface area (Å²) in [6, 6.07) is 8.20. The highest BCUT2D eigenvalue weighted by Gasteiger charge is 2.23. The summed E-state index contributed by atoms with van der Waals surface area (Å²) in [5.74, 6) is 0.831. The molecule has 0 bridgehead atoms. The van der Waals surface area contributed by atoms with Gasteiger partial charge in [0.25, 0.3) is 0 Å². The van der Waals surface area contributed by atoms with Gasteiger partial charge in [0.1, 0.15) is 5.75 Å². The molecule has 2 rings (SSSR count). The minimum absolute atomic E-state index is 0.243. The van der Waals surface area contributed by atoms with Crippen molar-refractivity contribution in [1.82, 2.24) is 4.90 Å². The average Bonchev–Trinajstić information content (AvgIpc) is 2.32. The van der Waals surface area contributed by atoms with Crippen LogP contribution in [0.1, 0.15) is 25.7 Å². The molecule has 3 N–H and O–H groups in total. The Morgan fingerprint density at radius 1 is 1.32 bits per heavy atom. The van der Waals surface area contributed by atoms with Gasteiger partial charge in [0, 0.05) is 30.9 Å². The van der Waals surface area contributed by atoms with E-state index in [9.17, 15) is 0 Å². The number of anilines is 1. The molecule has 1 aromatic rings. The van der Waals surface area contributed by atoms with Gasteiger partial charge in [-0.05, 0) is 31.4 Å². The lowest BCUT2D eigenvalue weighted by molar-refractivity contribution is 0.0952. The molecule has 1 aliphatic rings. The van der Waals surface area contributed by atoms with Crippen LogP contribution < -0.4 is 10.5 Å². The van der Waals surface area contributed by atoms with Crippen LogP contribution in [0.2, 0.25) is 0 Å². The third-order valence-electron chi connectivity index (χ3n) is 3.69. The Morgan fingerprint density at radius 3 is 2.79 bits per heavy atom. The van der Waals surface area contributed by atoms with Crippen LogP contribution in [0.4, 0.5) is 5.69 Å². The first-order valence-electron chi connectivity index (χ1n) is 7.13. The second-order valence-corrected chi connectivity index (χ2v) is 5.12. The number of nitrogen functional groups attached to an aromatic ring is 1. The molecule has 4 heteroatoms. The maximum absolute atomic E-state index is 9.08. The Bertz CT molecular complexity index is 380. The van der Waals surface area contributed by atoms with E-state index in [1.165, 1.54) is 19.3 Å². The van der Waals surface area contributed by atoms with E-state index in [1.807, 2.05) is 24.3 Å². The molecule has 0 aliphatic heterocycles. The van der Waals surface area contributed by atoms with Crippen LogP contribution in [0.15, 0.2) is 24.3 Å². The molecule has 19 heavy (non-hydrogen) atoms. The van der Waals surface area contributed by atoms with Crippen LogP contribution in [0, 0.1) is 0 Å². The Morgan fingerprint density at radius 2 is 2.16 bits per heavy atom.